The summed E-state index contributed by atoms with van der Waals surface area (Å²) in [6.07, 6.45) is -6.00. The SMILES string of the molecule is NC(CCNC(=O)CCC(F)(F)F)=NO. The van der Waals surface area contributed by atoms with Gasteiger partial charge in [-0.25, -0.2) is 0 Å². The number of nitrogens with two attached hydrogens (primary N) is 1. The van der Waals surface area contributed by atoms with Gasteiger partial charge in [0, 0.05) is 19.4 Å². The molecule has 0 rings (SSSR count). The molecule has 8 heteroatoms. The predicted octanol–water partition coefficient (Wildman–Crippen LogP) is 0.582. The molecule has 5 nitrogen and oxygen atoms in total. The first-order valence-electron chi connectivity index (χ1n) is 4.15. The first kappa shape index (κ1) is 13.5. The Morgan fingerprint density at radius 3 is 2.47 bits per heavy atom. The summed E-state index contributed by atoms with van der Waals surface area (Å²) in [5, 5.41) is 13.0. The summed E-state index contributed by atoms with van der Waals surface area (Å²) in [4.78, 5) is 10.8. The Labute approximate surface area is 84.1 Å². The van der Waals surface area contributed by atoms with Gasteiger partial charge in [-0.05, 0) is 0 Å². The topological polar surface area (TPSA) is 87.7 Å². The highest BCUT2D eigenvalue weighted by molar-refractivity contribution is 5.81. The molecule has 88 valence electrons. The standard InChI is InChI=1S/C7H12F3N3O2/c8-7(9,10)3-1-6(14)12-4-2-5(11)13-15/h15H,1-4H2,(H2,11,13)(H,12,14). The number of halogens is 3. The van der Waals surface area contributed by atoms with Gasteiger partial charge in [0.15, 0.2) is 0 Å². The molecule has 0 aromatic heterocycles. The maximum atomic E-state index is 11.7. The average molecular weight is 227 g/mol. The smallest absolute Gasteiger partial charge is 0.389 e. The number of carbonyl (C=O) groups excluding carboxylic acids is 1. The van der Waals surface area contributed by atoms with Crippen LogP contribution < -0.4 is 11.1 Å². The number of oxime groups is 1. The Morgan fingerprint density at radius 2 is 2.00 bits per heavy atom. The lowest BCUT2D eigenvalue weighted by Crippen LogP contribution is -2.28. The summed E-state index contributed by atoms with van der Waals surface area (Å²) in [5.41, 5.74) is 5.07. The van der Waals surface area contributed by atoms with E-state index in [4.69, 9.17) is 10.9 Å². The third-order valence-corrected chi connectivity index (χ3v) is 1.47. The molecule has 0 saturated carbocycles. The zero-order chi connectivity index (χ0) is 11.9. The molecule has 0 spiro atoms. The Kier molecular flexibility index (Phi) is 5.50. The van der Waals surface area contributed by atoms with E-state index in [1.807, 2.05) is 0 Å². The zero-order valence-corrected chi connectivity index (χ0v) is 7.84. The molecule has 0 aliphatic heterocycles. The third-order valence-electron chi connectivity index (χ3n) is 1.47. The van der Waals surface area contributed by atoms with Crippen LogP contribution in [0.1, 0.15) is 19.3 Å². The van der Waals surface area contributed by atoms with E-state index in [-0.39, 0.29) is 18.8 Å². The van der Waals surface area contributed by atoms with Crippen molar-refractivity contribution in [3.05, 3.63) is 0 Å². The second kappa shape index (κ2) is 6.10. The van der Waals surface area contributed by atoms with Crippen LogP contribution in [0.15, 0.2) is 5.16 Å². The fraction of sp³-hybridized carbons (Fsp3) is 0.714. The highest BCUT2D eigenvalue weighted by atomic mass is 19.4. The molecular weight excluding hydrogens is 215 g/mol. The number of rotatable bonds is 5. The Balaban J connectivity index is 3.59. The van der Waals surface area contributed by atoms with Gasteiger partial charge in [-0.3, -0.25) is 4.79 Å². The van der Waals surface area contributed by atoms with Gasteiger partial charge in [-0.1, -0.05) is 5.16 Å². The normalized spacial score (nSPS) is 12.6. The monoisotopic (exact) mass is 227 g/mol. The minimum absolute atomic E-state index is 0.0482. The Hall–Kier alpha value is -1.47. The van der Waals surface area contributed by atoms with Crippen molar-refractivity contribution < 1.29 is 23.2 Å². The number of carbonyl (C=O) groups is 1. The van der Waals surface area contributed by atoms with Crippen molar-refractivity contribution in [1.82, 2.24) is 5.32 Å². The summed E-state index contributed by atoms with van der Waals surface area (Å²) in [5.74, 6) is -0.802. The molecule has 1 amide bonds. The fourth-order valence-corrected chi connectivity index (χ4v) is 0.724. The van der Waals surface area contributed by atoms with Crippen LogP contribution in [0.2, 0.25) is 0 Å². The van der Waals surface area contributed by atoms with Crippen molar-refractivity contribution >= 4 is 11.7 Å². The molecular formula is C7H12F3N3O2. The molecule has 0 aliphatic carbocycles. The van der Waals surface area contributed by atoms with Gasteiger partial charge in [-0.15, -0.1) is 0 Å². The van der Waals surface area contributed by atoms with Gasteiger partial charge in [0.2, 0.25) is 5.91 Å². The van der Waals surface area contributed by atoms with Crippen molar-refractivity contribution in [3.63, 3.8) is 0 Å². The van der Waals surface area contributed by atoms with Crippen LogP contribution in [0.25, 0.3) is 0 Å². The predicted molar refractivity (Wildman–Crippen MR) is 46.3 cm³/mol. The van der Waals surface area contributed by atoms with E-state index in [2.05, 4.69) is 10.5 Å². The van der Waals surface area contributed by atoms with Crippen molar-refractivity contribution in [1.29, 1.82) is 0 Å². The first-order chi connectivity index (χ1) is 6.85. The molecule has 0 bridgehead atoms. The van der Waals surface area contributed by atoms with Crippen LogP contribution in [0, 0.1) is 0 Å². The molecule has 0 radical (unpaired) electrons. The van der Waals surface area contributed by atoms with Crippen LogP contribution in [-0.2, 0) is 4.79 Å². The van der Waals surface area contributed by atoms with Crippen LogP contribution >= 0.6 is 0 Å². The van der Waals surface area contributed by atoms with Crippen molar-refractivity contribution in [2.24, 2.45) is 10.9 Å². The third kappa shape index (κ3) is 8.85. The van der Waals surface area contributed by atoms with Gasteiger partial charge in [0.05, 0.1) is 6.42 Å². The summed E-state index contributed by atoms with van der Waals surface area (Å²) in [6.45, 7) is 0.0482. The highest BCUT2D eigenvalue weighted by Crippen LogP contribution is 2.20. The Bertz CT molecular complexity index is 240. The van der Waals surface area contributed by atoms with E-state index in [0.717, 1.165) is 0 Å². The molecule has 0 saturated heterocycles. The lowest BCUT2D eigenvalue weighted by Gasteiger charge is -2.06. The van der Waals surface area contributed by atoms with Crippen molar-refractivity contribution in [2.75, 3.05) is 6.54 Å². The number of amides is 1. The molecule has 0 aromatic rings. The second-order valence-corrected chi connectivity index (χ2v) is 2.81. The largest absolute Gasteiger partial charge is 0.409 e. The number of hydrogen-bond acceptors (Lipinski definition) is 3. The molecule has 0 heterocycles. The van der Waals surface area contributed by atoms with Gasteiger partial charge >= 0.3 is 6.18 Å². The van der Waals surface area contributed by atoms with E-state index < -0.39 is 24.9 Å². The average Bonchev–Trinajstić information content (AvgIpc) is 2.13. The van der Waals surface area contributed by atoms with Crippen LogP contribution in [0.3, 0.4) is 0 Å². The zero-order valence-electron chi connectivity index (χ0n) is 7.84. The van der Waals surface area contributed by atoms with Gasteiger partial charge in [0.25, 0.3) is 0 Å². The van der Waals surface area contributed by atoms with Crippen molar-refractivity contribution in [3.8, 4) is 0 Å². The highest BCUT2D eigenvalue weighted by Gasteiger charge is 2.27. The molecule has 0 fully saturated rings. The van der Waals surface area contributed by atoms with E-state index >= 15 is 0 Å². The maximum absolute atomic E-state index is 11.7. The van der Waals surface area contributed by atoms with E-state index in [1.54, 1.807) is 0 Å². The van der Waals surface area contributed by atoms with Gasteiger partial charge < -0.3 is 16.3 Å². The van der Waals surface area contributed by atoms with E-state index in [1.165, 1.54) is 0 Å². The summed E-state index contributed by atoms with van der Waals surface area (Å²) in [6, 6.07) is 0. The van der Waals surface area contributed by atoms with Crippen molar-refractivity contribution in [2.45, 2.75) is 25.4 Å². The summed E-state index contributed by atoms with van der Waals surface area (Å²) >= 11 is 0. The molecule has 15 heavy (non-hydrogen) atoms. The number of alkyl halides is 3. The number of nitrogens with one attached hydrogen (secondary N) is 1. The number of nitrogens with zero attached hydrogens (tertiary/aromatic N) is 1. The molecule has 0 atom stereocenters. The van der Waals surface area contributed by atoms with Crippen LogP contribution in [0.5, 0.6) is 0 Å². The van der Waals surface area contributed by atoms with Gasteiger partial charge in [0.1, 0.15) is 5.84 Å². The summed E-state index contributed by atoms with van der Waals surface area (Å²) < 4.78 is 35.0. The first-order valence-corrected chi connectivity index (χ1v) is 4.15. The van der Waals surface area contributed by atoms with E-state index in [0.29, 0.717) is 0 Å². The van der Waals surface area contributed by atoms with Crippen LogP contribution in [-0.4, -0.2) is 29.7 Å². The minimum atomic E-state index is -4.33. The number of hydrogen-bond donors (Lipinski definition) is 3. The fourth-order valence-electron chi connectivity index (χ4n) is 0.724. The number of amidine groups is 1. The Morgan fingerprint density at radius 1 is 1.40 bits per heavy atom. The molecule has 0 aliphatic rings. The van der Waals surface area contributed by atoms with Crippen LogP contribution in [0.4, 0.5) is 13.2 Å². The summed E-state index contributed by atoms with van der Waals surface area (Å²) in [7, 11) is 0. The quantitative estimate of drug-likeness (QED) is 0.278. The second-order valence-electron chi connectivity index (χ2n) is 2.81. The lowest BCUT2D eigenvalue weighted by atomic mass is 10.3. The molecule has 0 aromatic carbocycles. The minimum Gasteiger partial charge on any atom is -0.409 e. The molecule has 4 N–H and O–H groups in total. The van der Waals surface area contributed by atoms with E-state index in [9.17, 15) is 18.0 Å². The lowest BCUT2D eigenvalue weighted by molar-refractivity contribution is -0.144. The van der Waals surface area contributed by atoms with Gasteiger partial charge in [-0.2, -0.15) is 13.2 Å². The maximum Gasteiger partial charge on any atom is 0.389 e. The molecule has 0 unspecified atom stereocenters.